The van der Waals surface area contributed by atoms with E-state index in [1.807, 2.05) is 38.3 Å². The van der Waals surface area contributed by atoms with E-state index in [2.05, 4.69) is 5.32 Å². The smallest absolute Gasteiger partial charge is 0.251 e. The van der Waals surface area contributed by atoms with Crippen LogP contribution in [0.4, 0.5) is 0 Å². The number of hydrogen-bond acceptors (Lipinski definition) is 5. The molecule has 3 atom stereocenters. The van der Waals surface area contributed by atoms with E-state index in [0.717, 1.165) is 6.42 Å². The number of nitrogens with one attached hydrogen (secondary N) is 1. The Balaban J connectivity index is 1.73. The molecular weight excluding hydrogens is 396 g/mol. The molecule has 0 bridgehead atoms. The number of ether oxygens (including phenoxy) is 1. The lowest BCUT2D eigenvalue weighted by Gasteiger charge is -2.34. The Kier molecular flexibility index (Phi) is 6.54. The molecule has 152 valence electrons. The molecule has 0 aliphatic carbocycles. The molecule has 8 heteroatoms. The molecule has 1 saturated heterocycles. The monoisotopic (exact) mass is 422 g/mol. The molecular formula is C20H26N2O4S2. The first-order chi connectivity index (χ1) is 13.3. The van der Waals surface area contributed by atoms with E-state index in [9.17, 15) is 13.2 Å². The second kappa shape index (κ2) is 8.73. The molecule has 28 heavy (non-hydrogen) atoms. The minimum atomic E-state index is -3.68. The Morgan fingerprint density at radius 2 is 1.96 bits per heavy atom. The molecule has 2 aromatic rings. The van der Waals surface area contributed by atoms with Crippen molar-refractivity contribution in [3.05, 3.63) is 52.2 Å². The summed E-state index contributed by atoms with van der Waals surface area (Å²) in [7, 11) is -3.68. The molecule has 1 aromatic heterocycles. The maximum atomic E-state index is 13.0. The van der Waals surface area contributed by atoms with Crippen LogP contribution in [0.1, 0.15) is 36.0 Å². The van der Waals surface area contributed by atoms with Crippen molar-refractivity contribution >= 4 is 27.3 Å². The molecule has 0 spiro atoms. The fourth-order valence-electron chi connectivity index (χ4n) is 3.36. The molecule has 1 aliphatic heterocycles. The van der Waals surface area contributed by atoms with E-state index in [1.54, 1.807) is 23.5 Å². The van der Waals surface area contributed by atoms with Gasteiger partial charge in [-0.3, -0.25) is 4.79 Å². The van der Waals surface area contributed by atoms with Crippen LogP contribution in [0.2, 0.25) is 0 Å². The molecule has 1 aromatic carbocycles. The third kappa shape index (κ3) is 5.00. The fraction of sp³-hybridized carbons (Fsp3) is 0.450. The van der Waals surface area contributed by atoms with Crippen LogP contribution in [-0.2, 0) is 21.2 Å². The topological polar surface area (TPSA) is 75.7 Å². The maximum Gasteiger partial charge on any atom is 0.251 e. The fourth-order valence-corrected chi connectivity index (χ4v) is 5.83. The Hall–Kier alpha value is -1.74. The highest BCUT2D eigenvalue weighted by molar-refractivity contribution is 7.89. The number of benzene rings is 1. The van der Waals surface area contributed by atoms with E-state index in [-0.39, 0.29) is 29.1 Å². The van der Waals surface area contributed by atoms with Crippen LogP contribution in [0.25, 0.3) is 0 Å². The van der Waals surface area contributed by atoms with Gasteiger partial charge in [0.2, 0.25) is 10.0 Å². The summed E-state index contributed by atoms with van der Waals surface area (Å²) < 4.78 is 33.1. The highest BCUT2D eigenvalue weighted by atomic mass is 32.2. The van der Waals surface area contributed by atoms with Crippen molar-refractivity contribution in [2.24, 2.45) is 0 Å². The van der Waals surface area contributed by atoms with Gasteiger partial charge in [0.25, 0.3) is 5.91 Å². The van der Waals surface area contributed by atoms with E-state index in [0.29, 0.717) is 18.7 Å². The third-order valence-corrected chi connectivity index (χ3v) is 7.31. The number of hydrogen-bond donors (Lipinski definition) is 1. The Morgan fingerprint density at radius 3 is 2.61 bits per heavy atom. The summed E-state index contributed by atoms with van der Waals surface area (Å²) in [5, 5.41) is 4.95. The lowest BCUT2D eigenvalue weighted by molar-refractivity contribution is -0.0440. The number of nitrogens with zero attached hydrogens (tertiary/aromatic N) is 1. The summed E-state index contributed by atoms with van der Waals surface area (Å²) in [6, 6.07) is 10.2. The Bertz CT molecular complexity index is 902. The molecule has 3 rings (SSSR count). The minimum Gasteiger partial charge on any atom is -0.373 e. The summed E-state index contributed by atoms with van der Waals surface area (Å²) >= 11 is 1.65. The largest absolute Gasteiger partial charge is 0.373 e. The molecule has 1 fully saturated rings. The number of rotatable bonds is 6. The van der Waals surface area contributed by atoms with E-state index < -0.39 is 10.0 Å². The SMILES string of the molecule is CC(Cc1cccs1)NC(=O)c1cccc(S(=O)(=O)N2CC(C)OC(C)C2)c1. The first-order valence-corrected chi connectivity index (χ1v) is 11.7. The number of carbonyl (C=O) groups excluding carboxylic acids is 1. The molecule has 6 nitrogen and oxygen atoms in total. The highest BCUT2D eigenvalue weighted by Crippen LogP contribution is 2.22. The second-order valence-corrected chi connectivity index (χ2v) is 10.2. The molecule has 1 aliphatic rings. The number of sulfonamides is 1. The molecule has 1 amide bonds. The standard InChI is InChI=1S/C20H26N2O4S2/c1-14(10-18-7-5-9-27-18)21-20(23)17-6-4-8-19(11-17)28(24,25)22-12-15(2)26-16(3)13-22/h4-9,11,14-16H,10,12-13H2,1-3H3,(H,21,23). The van der Waals surface area contributed by atoms with Gasteiger partial charge in [0.1, 0.15) is 0 Å². The third-order valence-electron chi connectivity index (χ3n) is 4.59. The first kappa shape index (κ1) is 21.0. The highest BCUT2D eigenvalue weighted by Gasteiger charge is 2.32. The zero-order chi connectivity index (χ0) is 20.3. The number of carbonyl (C=O) groups is 1. The first-order valence-electron chi connectivity index (χ1n) is 9.34. The molecule has 3 unspecified atom stereocenters. The summed E-state index contributed by atoms with van der Waals surface area (Å²) in [6.07, 6.45) is 0.413. The predicted molar refractivity (Wildman–Crippen MR) is 110 cm³/mol. The van der Waals surface area contributed by atoms with Gasteiger partial charge in [-0.1, -0.05) is 12.1 Å². The van der Waals surface area contributed by atoms with Crippen molar-refractivity contribution in [1.82, 2.24) is 9.62 Å². The molecule has 0 saturated carbocycles. The zero-order valence-corrected chi connectivity index (χ0v) is 17.9. The van der Waals surface area contributed by atoms with Gasteiger partial charge in [-0.2, -0.15) is 4.31 Å². The number of morpholine rings is 1. The molecule has 2 heterocycles. The lowest BCUT2D eigenvalue weighted by atomic mass is 10.1. The van der Waals surface area contributed by atoms with Crippen molar-refractivity contribution in [1.29, 1.82) is 0 Å². The van der Waals surface area contributed by atoms with Gasteiger partial charge in [-0.05, 0) is 50.4 Å². The molecule has 0 radical (unpaired) electrons. The van der Waals surface area contributed by atoms with Crippen molar-refractivity contribution in [2.45, 2.75) is 50.3 Å². The number of amides is 1. The summed E-state index contributed by atoms with van der Waals surface area (Å²) in [6.45, 7) is 6.27. The van der Waals surface area contributed by atoms with Gasteiger partial charge in [0.15, 0.2) is 0 Å². The van der Waals surface area contributed by atoms with Gasteiger partial charge in [-0.15, -0.1) is 11.3 Å². The van der Waals surface area contributed by atoms with Crippen molar-refractivity contribution < 1.29 is 17.9 Å². The minimum absolute atomic E-state index is 0.0487. The molecule has 1 N–H and O–H groups in total. The van der Waals surface area contributed by atoms with E-state index >= 15 is 0 Å². The Labute approximate surface area is 170 Å². The quantitative estimate of drug-likeness (QED) is 0.777. The second-order valence-electron chi connectivity index (χ2n) is 7.27. The van der Waals surface area contributed by atoms with Gasteiger partial charge < -0.3 is 10.1 Å². The van der Waals surface area contributed by atoms with Gasteiger partial charge in [0.05, 0.1) is 17.1 Å². The predicted octanol–water partition coefficient (Wildman–Crippen LogP) is 2.91. The van der Waals surface area contributed by atoms with Crippen molar-refractivity contribution in [3.63, 3.8) is 0 Å². The van der Waals surface area contributed by atoms with Crippen LogP contribution in [0.15, 0.2) is 46.7 Å². The summed E-state index contributed by atoms with van der Waals surface area (Å²) in [4.78, 5) is 13.9. The zero-order valence-electron chi connectivity index (χ0n) is 16.3. The van der Waals surface area contributed by atoms with Crippen LogP contribution in [0.3, 0.4) is 0 Å². The average molecular weight is 423 g/mol. The normalized spacial score (nSPS) is 22.0. The number of thiophene rings is 1. The summed E-state index contributed by atoms with van der Waals surface area (Å²) in [5.41, 5.74) is 0.341. The van der Waals surface area contributed by atoms with Gasteiger partial charge in [-0.25, -0.2) is 8.42 Å². The van der Waals surface area contributed by atoms with E-state index in [1.165, 1.54) is 21.3 Å². The van der Waals surface area contributed by atoms with Gasteiger partial charge in [0, 0.05) is 36.0 Å². The van der Waals surface area contributed by atoms with Crippen LogP contribution < -0.4 is 5.32 Å². The van der Waals surface area contributed by atoms with Crippen molar-refractivity contribution in [2.75, 3.05) is 13.1 Å². The van der Waals surface area contributed by atoms with Crippen LogP contribution in [-0.4, -0.2) is 50.0 Å². The maximum absolute atomic E-state index is 13.0. The van der Waals surface area contributed by atoms with Crippen molar-refractivity contribution in [3.8, 4) is 0 Å². The average Bonchev–Trinajstić information content (AvgIpc) is 3.13. The summed E-state index contributed by atoms with van der Waals surface area (Å²) in [5.74, 6) is -0.273. The van der Waals surface area contributed by atoms with Crippen LogP contribution in [0, 0.1) is 0 Å². The lowest BCUT2D eigenvalue weighted by Crippen LogP contribution is -2.48. The van der Waals surface area contributed by atoms with E-state index in [4.69, 9.17) is 4.74 Å². The van der Waals surface area contributed by atoms with Crippen LogP contribution >= 0.6 is 11.3 Å². The Morgan fingerprint density at radius 1 is 1.25 bits per heavy atom. The van der Waals surface area contributed by atoms with Crippen LogP contribution in [0.5, 0.6) is 0 Å². The van der Waals surface area contributed by atoms with Gasteiger partial charge >= 0.3 is 0 Å².